The summed E-state index contributed by atoms with van der Waals surface area (Å²) in [6.45, 7) is 0.733. The van der Waals surface area contributed by atoms with Gasteiger partial charge in [0.1, 0.15) is 11.8 Å². The van der Waals surface area contributed by atoms with Crippen LogP contribution in [0.25, 0.3) is 0 Å². The Morgan fingerprint density at radius 3 is 2.91 bits per heavy atom. The molecule has 1 aromatic rings. The standard InChI is InChI=1S/C17H21N3O2/c18-11-13-10-12(7-8-19-13)17(22)20-9-3-5-15(20)14-4-1-2-6-16(14)21/h7-8,10,14-16,21H,1-6,9H2. The fourth-order valence-electron chi connectivity index (χ4n) is 3.87. The number of rotatable bonds is 2. The van der Waals surface area contributed by atoms with Crippen molar-refractivity contribution in [1.29, 1.82) is 5.26 Å². The highest BCUT2D eigenvalue weighted by molar-refractivity contribution is 5.94. The molecule has 1 saturated heterocycles. The molecule has 1 aliphatic carbocycles. The van der Waals surface area contributed by atoms with E-state index in [1.807, 2.05) is 11.0 Å². The van der Waals surface area contributed by atoms with Crippen molar-refractivity contribution >= 4 is 5.91 Å². The number of hydrogen-bond acceptors (Lipinski definition) is 4. The van der Waals surface area contributed by atoms with Crippen molar-refractivity contribution in [2.45, 2.75) is 50.7 Å². The SMILES string of the molecule is N#Cc1cc(C(=O)N2CCCC2C2CCCCC2O)ccn1. The molecule has 5 heteroatoms. The molecule has 0 aromatic carbocycles. The lowest BCUT2D eigenvalue weighted by molar-refractivity contribution is 0.0211. The Labute approximate surface area is 130 Å². The Morgan fingerprint density at radius 2 is 2.14 bits per heavy atom. The number of nitrogens with zero attached hydrogens (tertiary/aromatic N) is 3. The van der Waals surface area contributed by atoms with Crippen molar-refractivity contribution in [3.8, 4) is 6.07 Å². The van der Waals surface area contributed by atoms with Gasteiger partial charge < -0.3 is 10.0 Å². The molecule has 2 aliphatic rings. The number of amides is 1. The minimum atomic E-state index is -0.292. The van der Waals surface area contributed by atoms with Crippen LogP contribution in [0.3, 0.4) is 0 Å². The van der Waals surface area contributed by atoms with E-state index in [9.17, 15) is 9.90 Å². The fraction of sp³-hybridized carbons (Fsp3) is 0.588. The number of nitriles is 1. The molecule has 116 valence electrons. The summed E-state index contributed by atoms with van der Waals surface area (Å²) in [4.78, 5) is 18.6. The number of aromatic nitrogens is 1. The van der Waals surface area contributed by atoms with Gasteiger partial charge in [-0.05, 0) is 37.8 Å². The molecule has 0 radical (unpaired) electrons. The van der Waals surface area contributed by atoms with Crippen molar-refractivity contribution < 1.29 is 9.90 Å². The largest absolute Gasteiger partial charge is 0.393 e. The lowest BCUT2D eigenvalue weighted by Crippen LogP contribution is -2.45. The third-order valence-electron chi connectivity index (χ3n) is 4.96. The van der Waals surface area contributed by atoms with Crippen molar-refractivity contribution in [3.05, 3.63) is 29.6 Å². The Hall–Kier alpha value is -1.93. The van der Waals surface area contributed by atoms with E-state index >= 15 is 0 Å². The first-order valence-electron chi connectivity index (χ1n) is 8.06. The van der Waals surface area contributed by atoms with Gasteiger partial charge in [-0.3, -0.25) is 4.79 Å². The van der Waals surface area contributed by atoms with E-state index in [2.05, 4.69) is 4.98 Å². The summed E-state index contributed by atoms with van der Waals surface area (Å²) in [5.74, 6) is 0.150. The van der Waals surface area contributed by atoms with E-state index in [0.717, 1.165) is 45.1 Å². The lowest BCUT2D eigenvalue weighted by Gasteiger charge is -2.37. The van der Waals surface area contributed by atoms with Crippen molar-refractivity contribution in [3.63, 3.8) is 0 Å². The topological polar surface area (TPSA) is 77.2 Å². The summed E-state index contributed by atoms with van der Waals surface area (Å²) >= 11 is 0. The number of aliphatic hydroxyl groups excluding tert-OH is 1. The lowest BCUT2D eigenvalue weighted by atomic mass is 9.80. The smallest absolute Gasteiger partial charge is 0.254 e. The van der Waals surface area contributed by atoms with Gasteiger partial charge in [0.15, 0.2) is 0 Å². The number of pyridine rings is 1. The molecule has 5 nitrogen and oxygen atoms in total. The summed E-state index contributed by atoms with van der Waals surface area (Å²) < 4.78 is 0. The zero-order valence-electron chi connectivity index (χ0n) is 12.6. The van der Waals surface area contributed by atoms with Gasteiger partial charge in [-0.2, -0.15) is 5.26 Å². The van der Waals surface area contributed by atoms with E-state index in [-0.39, 0.29) is 29.7 Å². The molecule has 22 heavy (non-hydrogen) atoms. The van der Waals surface area contributed by atoms with Crippen LogP contribution >= 0.6 is 0 Å². The Balaban J connectivity index is 1.80. The first kappa shape index (κ1) is 15.0. The minimum Gasteiger partial charge on any atom is -0.393 e. The number of carbonyl (C=O) groups is 1. The average Bonchev–Trinajstić information content (AvgIpc) is 3.04. The van der Waals surface area contributed by atoms with Crippen molar-refractivity contribution in [2.24, 2.45) is 5.92 Å². The Morgan fingerprint density at radius 1 is 1.32 bits per heavy atom. The number of carbonyl (C=O) groups excluding carboxylic acids is 1. The Kier molecular flexibility index (Phi) is 4.39. The third kappa shape index (κ3) is 2.84. The molecule has 2 heterocycles. The first-order valence-corrected chi connectivity index (χ1v) is 8.06. The number of likely N-dealkylation sites (tertiary alicyclic amines) is 1. The maximum atomic E-state index is 12.8. The van der Waals surface area contributed by atoms with Crippen LogP contribution in [0.4, 0.5) is 0 Å². The van der Waals surface area contributed by atoms with Crippen LogP contribution in [0.15, 0.2) is 18.3 Å². The maximum absolute atomic E-state index is 12.8. The van der Waals surface area contributed by atoms with E-state index in [0.29, 0.717) is 5.56 Å². The van der Waals surface area contributed by atoms with Gasteiger partial charge in [0.05, 0.1) is 6.10 Å². The molecule has 3 atom stereocenters. The average molecular weight is 299 g/mol. The number of aliphatic hydroxyl groups is 1. The zero-order chi connectivity index (χ0) is 15.5. The fourth-order valence-corrected chi connectivity index (χ4v) is 3.87. The number of hydrogen-bond donors (Lipinski definition) is 1. The molecule has 1 N–H and O–H groups in total. The highest BCUT2D eigenvalue weighted by Crippen LogP contribution is 2.35. The van der Waals surface area contributed by atoms with Gasteiger partial charge in [-0.25, -0.2) is 4.98 Å². The van der Waals surface area contributed by atoms with Crippen LogP contribution in [0.2, 0.25) is 0 Å². The van der Waals surface area contributed by atoms with Gasteiger partial charge in [0, 0.05) is 30.3 Å². The van der Waals surface area contributed by atoms with Crippen molar-refractivity contribution in [2.75, 3.05) is 6.54 Å². The van der Waals surface area contributed by atoms with Crippen LogP contribution in [-0.4, -0.2) is 39.6 Å². The molecule has 1 aliphatic heterocycles. The van der Waals surface area contributed by atoms with Crippen LogP contribution in [-0.2, 0) is 0 Å². The van der Waals surface area contributed by atoms with Crippen molar-refractivity contribution in [1.82, 2.24) is 9.88 Å². The summed E-state index contributed by atoms with van der Waals surface area (Å²) in [6.07, 6.45) is 7.21. The molecule has 3 rings (SSSR count). The molecule has 1 saturated carbocycles. The summed E-state index contributed by atoms with van der Waals surface area (Å²) in [5, 5.41) is 19.2. The van der Waals surface area contributed by atoms with Crippen LogP contribution in [0, 0.1) is 17.2 Å². The molecular weight excluding hydrogens is 278 g/mol. The molecule has 1 aromatic heterocycles. The molecule has 2 fully saturated rings. The van der Waals surface area contributed by atoms with E-state index in [1.165, 1.54) is 6.20 Å². The highest BCUT2D eigenvalue weighted by Gasteiger charge is 2.39. The quantitative estimate of drug-likeness (QED) is 0.907. The highest BCUT2D eigenvalue weighted by atomic mass is 16.3. The van der Waals surface area contributed by atoms with Gasteiger partial charge >= 0.3 is 0 Å². The molecule has 1 amide bonds. The monoisotopic (exact) mass is 299 g/mol. The maximum Gasteiger partial charge on any atom is 0.254 e. The third-order valence-corrected chi connectivity index (χ3v) is 4.96. The molecule has 0 bridgehead atoms. The predicted molar refractivity (Wildman–Crippen MR) is 81.0 cm³/mol. The normalized spacial score (nSPS) is 28.4. The van der Waals surface area contributed by atoms with Crippen LogP contribution < -0.4 is 0 Å². The first-order chi connectivity index (χ1) is 10.7. The van der Waals surface area contributed by atoms with Gasteiger partial charge in [-0.1, -0.05) is 12.8 Å². The second-order valence-electron chi connectivity index (χ2n) is 6.27. The van der Waals surface area contributed by atoms with Crippen LogP contribution in [0.1, 0.15) is 54.6 Å². The van der Waals surface area contributed by atoms with E-state index in [1.54, 1.807) is 12.1 Å². The minimum absolute atomic E-state index is 0.0424. The Bertz CT molecular complexity index is 596. The predicted octanol–water partition coefficient (Wildman–Crippen LogP) is 2.11. The van der Waals surface area contributed by atoms with E-state index in [4.69, 9.17) is 5.26 Å². The summed E-state index contributed by atoms with van der Waals surface area (Å²) in [5.41, 5.74) is 0.781. The molecular formula is C17H21N3O2. The molecule has 0 spiro atoms. The summed E-state index contributed by atoms with van der Waals surface area (Å²) in [7, 11) is 0. The van der Waals surface area contributed by atoms with E-state index < -0.39 is 0 Å². The van der Waals surface area contributed by atoms with Gasteiger partial charge in [0.25, 0.3) is 5.91 Å². The van der Waals surface area contributed by atoms with Gasteiger partial charge in [0.2, 0.25) is 0 Å². The second-order valence-corrected chi connectivity index (χ2v) is 6.27. The van der Waals surface area contributed by atoms with Gasteiger partial charge in [-0.15, -0.1) is 0 Å². The van der Waals surface area contributed by atoms with Crippen LogP contribution in [0.5, 0.6) is 0 Å². The summed E-state index contributed by atoms with van der Waals surface area (Å²) in [6, 6.07) is 5.31. The second kappa shape index (κ2) is 6.45. The zero-order valence-corrected chi connectivity index (χ0v) is 12.6. The molecule has 3 unspecified atom stereocenters.